The molecule has 0 saturated heterocycles. The Labute approximate surface area is 252 Å². The summed E-state index contributed by atoms with van der Waals surface area (Å²) >= 11 is 10.2. The Morgan fingerprint density at radius 3 is 1.72 bits per heavy atom. The molecule has 0 saturated carbocycles. The molecule has 10 heteroatoms. The topological polar surface area (TPSA) is 112 Å². The summed E-state index contributed by atoms with van der Waals surface area (Å²) in [4.78, 5) is 2.45. The Morgan fingerprint density at radius 2 is 1.23 bits per heavy atom. The number of nitrogens with zero attached hydrogens (tertiary/aromatic N) is 1. The number of fused-ring (bicyclic) bond motifs is 1. The normalized spacial score (nSPS) is 11.9. The van der Waals surface area contributed by atoms with E-state index in [1.807, 2.05) is 0 Å². The molecule has 1 aliphatic rings. The van der Waals surface area contributed by atoms with Crippen LogP contribution in [-0.2, 0) is 50.4 Å². The number of benzene rings is 3. The van der Waals surface area contributed by atoms with Crippen molar-refractivity contribution in [3.05, 3.63) is 137 Å². The standard InChI is InChI=1S/C24H19Br2NO.5CO.Cr/c1-28-16-20-14-19-4-2-3-5-23(19)27(15-17-6-10-21(25)11-7-17)24(20)18-8-12-22(26)13-9-18;5*1-2;/h2-14,24H,15H2,1H3;;;;;;. The molecule has 0 aromatic heterocycles. The van der Waals surface area contributed by atoms with E-state index in [4.69, 9.17) is 28.0 Å². The minimum atomic E-state index is 0.0397. The van der Waals surface area contributed by atoms with Crippen molar-refractivity contribution >= 4 is 48.2 Å². The first kappa shape index (κ1) is 38.4. The van der Waals surface area contributed by atoms with Crippen molar-refractivity contribution in [2.45, 2.75) is 12.6 Å². The van der Waals surface area contributed by atoms with Crippen LogP contribution in [0.1, 0.15) is 22.7 Å². The molecule has 196 valence electrons. The molecule has 3 aromatic rings. The van der Waals surface area contributed by atoms with Gasteiger partial charge in [0.15, 0.2) is 0 Å². The Hall–Kier alpha value is -2.78. The second-order valence-electron chi connectivity index (χ2n) is 6.86. The van der Waals surface area contributed by atoms with Crippen LogP contribution in [0.4, 0.5) is 5.69 Å². The van der Waals surface area contributed by atoms with Gasteiger partial charge in [0.1, 0.15) is 0 Å². The third kappa shape index (κ3) is 11.5. The third-order valence-corrected chi connectivity index (χ3v) is 6.72. The van der Waals surface area contributed by atoms with E-state index in [1.165, 1.54) is 22.4 Å². The van der Waals surface area contributed by atoms with Gasteiger partial charge < -0.3 is 0 Å². The van der Waals surface area contributed by atoms with Crippen molar-refractivity contribution in [2.75, 3.05) is 12.0 Å². The van der Waals surface area contributed by atoms with Gasteiger partial charge in [-0.15, -0.1) is 0 Å². The Bertz CT molecular complexity index is 1260. The predicted molar refractivity (Wildman–Crippen MR) is 143 cm³/mol. The molecule has 1 aliphatic heterocycles. The van der Waals surface area contributed by atoms with E-state index in [1.54, 1.807) is 7.11 Å². The van der Waals surface area contributed by atoms with E-state index in [9.17, 15) is 0 Å². The van der Waals surface area contributed by atoms with E-state index in [0.29, 0.717) is 0 Å². The number of methoxy groups -OCH3 is 1. The fraction of sp³-hybridized carbons (Fsp3) is 0.103. The zero-order valence-electron chi connectivity index (χ0n) is 20.4. The monoisotopic (exact) mass is 687 g/mol. The number of anilines is 1. The van der Waals surface area contributed by atoms with Crippen molar-refractivity contribution in [3.8, 4) is 0 Å². The van der Waals surface area contributed by atoms with Gasteiger partial charge in [-0.1, -0.05) is 0 Å². The van der Waals surface area contributed by atoms with Crippen molar-refractivity contribution in [3.63, 3.8) is 0 Å². The van der Waals surface area contributed by atoms with E-state index in [0.717, 1.165) is 25.6 Å². The second kappa shape index (κ2) is 23.1. The van der Waals surface area contributed by atoms with Crippen LogP contribution in [0.25, 0.3) is 6.08 Å². The predicted octanol–water partition coefficient (Wildman–Crippen LogP) is 6.49. The maximum atomic E-state index is 7.50. The fourth-order valence-electron chi connectivity index (χ4n) is 3.68. The molecule has 0 amide bonds. The number of halogens is 2. The molecular weight excluding hydrogens is 670 g/mol. The average Bonchev–Trinajstić information content (AvgIpc) is 3.03. The van der Waals surface area contributed by atoms with Crippen LogP contribution in [0.5, 0.6) is 0 Å². The van der Waals surface area contributed by atoms with Crippen molar-refractivity contribution in [1.29, 1.82) is 0 Å². The van der Waals surface area contributed by atoms with Crippen LogP contribution < -0.4 is 4.90 Å². The van der Waals surface area contributed by atoms with Gasteiger partial charge in [0.25, 0.3) is 0 Å². The molecule has 3 aromatic carbocycles. The molecule has 0 spiro atoms. The summed E-state index contributed by atoms with van der Waals surface area (Å²) in [6.07, 6.45) is 2.23. The molecule has 0 radical (unpaired) electrons. The summed E-state index contributed by atoms with van der Waals surface area (Å²) in [5, 5.41) is 0. The number of hydrogen-bond donors (Lipinski definition) is 0. The van der Waals surface area contributed by atoms with E-state index in [2.05, 4.69) is 165 Å². The fourth-order valence-corrected chi connectivity index (χ4v) is 4.48. The summed E-state index contributed by atoms with van der Waals surface area (Å²) in [6.45, 7) is 23.3. The van der Waals surface area contributed by atoms with E-state index < -0.39 is 0 Å². The zero-order valence-corrected chi connectivity index (χ0v) is 24.8. The van der Waals surface area contributed by atoms with Gasteiger partial charge in [-0.3, -0.25) is 0 Å². The van der Waals surface area contributed by atoms with Crippen molar-refractivity contribution in [2.24, 2.45) is 0 Å². The van der Waals surface area contributed by atoms with Gasteiger partial charge in [0.05, 0.1) is 0 Å². The van der Waals surface area contributed by atoms with Crippen LogP contribution in [0, 0.1) is 33.3 Å². The van der Waals surface area contributed by atoms with Crippen LogP contribution in [0.15, 0.2) is 87.3 Å². The number of para-hydroxylation sites is 1. The molecule has 0 aliphatic carbocycles. The Morgan fingerprint density at radius 1 is 0.769 bits per heavy atom. The zero-order chi connectivity index (χ0) is 30.4. The first-order chi connectivity index (χ1) is 19.1. The van der Waals surface area contributed by atoms with Crippen LogP contribution >= 0.6 is 31.9 Å². The van der Waals surface area contributed by atoms with Crippen LogP contribution in [-0.4, -0.2) is 11.7 Å². The molecule has 1 atom stereocenters. The summed E-state index contributed by atoms with van der Waals surface area (Å²) < 4.78 is 46.1. The first-order valence-corrected chi connectivity index (χ1v) is 12.5. The van der Waals surface area contributed by atoms with Gasteiger partial charge in [-0.2, -0.15) is 0 Å². The summed E-state index contributed by atoms with van der Waals surface area (Å²) in [6, 6.07) is 25.6. The first-order valence-electron chi connectivity index (χ1n) is 10.2. The number of hydrogen-bond acceptors (Lipinski definition) is 2. The Kier molecular flexibility index (Phi) is 22.8. The molecule has 7 nitrogen and oxygen atoms in total. The average molecular weight is 689 g/mol. The number of ether oxygens (including phenoxy) is 1. The maximum absolute atomic E-state index is 7.50. The molecule has 4 rings (SSSR count). The molecule has 39 heavy (non-hydrogen) atoms. The van der Waals surface area contributed by atoms with E-state index >= 15 is 0 Å². The SMILES string of the molecule is CO[C](=[Cr])C1=Cc2ccccc2N(Cc2ccc(Br)cc2)C1c1ccc(Br)cc1.[C-]#[O+].[C-]#[O+].[C-]#[O+].[C-]#[O+].[C-]#[O+]. The van der Waals surface area contributed by atoms with Gasteiger partial charge in [-0.05, 0) is 0 Å². The van der Waals surface area contributed by atoms with Crippen molar-refractivity contribution in [1.82, 2.24) is 0 Å². The molecule has 1 unspecified atom stereocenters. The molecule has 0 fully saturated rings. The number of rotatable bonds is 5. The quantitative estimate of drug-likeness (QED) is 0.225. The molecular formula is C29H19Br2CrNO6. The molecule has 0 bridgehead atoms. The van der Waals surface area contributed by atoms with Crippen LogP contribution in [0.3, 0.4) is 0 Å². The van der Waals surface area contributed by atoms with Gasteiger partial charge in [-0.25, -0.2) is 0 Å². The third-order valence-electron chi connectivity index (χ3n) is 5.04. The molecule has 1 heterocycles. The Balaban J connectivity index is 0. The van der Waals surface area contributed by atoms with Gasteiger partial charge >= 0.3 is 254 Å². The second-order valence-corrected chi connectivity index (χ2v) is 9.27. The van der Waals surface area contributed by atoms with Gasteiger partial charge in [0.2, 0.25) is 0 Å². The van der Waals surface area contributed by atoms with Gasteiger partial charge in [0, 0.05) is 0 Å². The summed E-state index contributed by atoms with van der Waals surface area (Å²) in [7, 11) is 1.71. The van der Waals surface area contributed by atoms with Crippen molar-refractivity contribution < 1.29 is 43.8 Å². The minimum absolute atomic E-state index is 0.0397. The summed E-state index contributed by atoms with van der Waals surface area (Å²) in [5.74, 6) is 0. The molecule has 0 N–H and O–H groups in total. The summed E-state index contributed by atoms with van der Waals surface area (Å²) in [5.41, 5.74) is 6.01. The van der Waals surface area contributed by atoms with E-state index in [-0.39, 0.29) is 6.04 Å². The van der Waals surface area contributed by atoms with Crippen LogP contribution in [0.2, 0.25) is 0 Å².